The van der Waals surface area contributed by atoms with Gasteiger partial charge in [0.15, 0.2) is 11.5 Å². The molecule has 0 saturated heterocycles. The van der Waals surface area contributed by atoms with E-state index in [-0.39, 0.29) is 13.2 Å². The molecule has 1 aromatic carbocycles. The van der Waals surface area contributed by atoms with Crippen molar-refractivity contribution in [1.29, 1.82) is 0 Å². The molecule has 0 fully saturated rings. The van der Waals surface area contributed by atoms with Crippen LogP contribution in [0.3, 0.4) is 0 Å². The fourth-order valence-electron chi connectivity index (χ4n) is 1.50. The number of carboxylic acids is 1. The molecule has 86 valence electrons. The van der Waals surface area contributed by atoms with Gasteiger partial charge < -0.3 is 20.3 Å². The molecule has 1 aliphatic heterocycles. The van der Waals surface area contributed by atoms with Gasteiger partial charge in [-0.25, -0.2) is 0 Å². The zero-order valence-corrected chi connectivity index (χ0v) is 9.86. The van der Waals surface area contributed by atoms with Crippen LogP contribution in [-0.2, 0) is 11.2 Å². The molecule has 2 rings (SSSR count). The first-order chi connectivity index (χ1) is 7.59. The first-order valence-electron chi connectivity index (χ1n) is 4.65. The van der Waals surface area contributed by atoms with Crippen LogP contribution in [0.4, 0.5) is 0 Å². The van der Waals surface area contributed by atoms with Gasteiger partial charge in [0.05, 0.1) is 4.47 Å². The fourth-order valence-corrected chi connectivity index (χ4v) is 1.93. The van der Waals surface area contributed by atoms with E-state index in [2.05, 4.69) is 15.9 Å². The van der Waals surface area contributed by atoms with Gasteiger partial charge in [-0.05, 0) is 22.0 Å². The molecule has 1 heterocycles. The highest BCUT2D eigenvalue weighted by atomic mass is 79.9. The van der Waals surface area contributed by atoms with Gasteiger partial charge in [0.1, 0.15) is 6.04 Å². The lowest BCUT2D eigenvalue weighted by Crippen LogP contribution is -2.32. The summed E-state index contributed by atoms with van der Waals surface area (Å²) in [6, 6.07) is 2.63. The minimum Gasteiger partial charge on any atom is -0.480 e. The molecular weight excluding hydrogens is 278 g/mol. The summed E-state index contributed by atoms with van der Waals surface area (Å²) >= 11 is 3.32. The molecule has 1 atom stereocenters. The molecule has 0 bridgehead atoms. The lowest BCUT2D eigenvalue weighted by atomic mass is 10.1. The fraction of sp³-hybridized carbons (Fsp3) is 0.300. The molecule has 0 spiro atoms. The van der Waals surface area contributed by atoms with Crippen molar-refractivity contribution in [3.8, 4) is 11.5 Å². The van der Waals surface area contributed by atoms with Crippen molar-refractivity contribution in [2.24, 2.45) is 5.73 Å². The number of rotatable bonds is 3. The molecule has 0 aromatic heterocycles. The van der Waals surface area contributed by atoms with Crippen molar-refractivity contribution in [2.75, 3.05) is 6.79 Å². The van der Waals surface area contributed by atoms with E-state index in [9.17, 15) is 4.79 Å². The number of halogens is 1. The van der Waals surface area contributed by atoms with E-state index in [0.29, 0.717) is 11.5 Å². The number of ether oxygens (including phenoxy) is 2. The monoisotopic (exact) mass is 287 g/mol. The van der Waals surface area contributed by atoms with Gasteiger partial charge in [0.2, 0.25) is 6.79 Å². The Balaban J connectivity index is 2.29. The molecule has 0 amide bonds. The summed E-state index contributed by atoms with van der Waals surface area (Å²) in [6.07, 6.45) is 0.217. The molecule has 1 unspecified atom stereocenters. The number of nitrogens with two attached hydrogens (primary N) is 1. The average Bonchev–Trinajstić information content (AvgIpc) is 2.71. The van der Waals surface area contributed by atoms with Crippen LogP contribution in [0.2, 0.25) is 0 Å². The van der Waals surface area contributed by atoms with E-state index in [0.717, 1.165) is 10.0 Å². The summed E-state index contributed by atoms with van der Waals surface area (Å²) in [5, 5.41) is 8.74. The maximum Gasteiger partial charge on any atom is 0.320 e. The Morgan fingerprint density at radius 1 is 1.50 bits per heavy atom. The highest BCUT2D eigenvalue weighted by molar-refractivity contribution is 9.10. The van der Waals surface area contributed by atoms with Crippen molar-refractivity contribution >= 4 is 21.9 Å². The van der Waals surface area contributed by atoms with Gasteiger partial charge in [-0.1, -0.05) is 6.07 Å². The van der Waals surface area contributed by atoms with Crippen LogP contribution in [0.1, 0.15) is 5.56 Å². The number of hydrogen-bond acceptors (Lipinski definition) is 4. The van der Waals surface area contributed by atoms with E-state index in [1.165, 1.54) is 0 Å². The molecule has 16 heavy (non-hydrogen) atoms. The first kappa shape index (κ1) is 11.2. The van der Waals surface area contributed by atoms with E-state index in [1.54, 1.807) is 12.1 Å². The Morgan fingerprint density at radius 2 is 2.19 bits per heavy atom. The van der Waals surface area contributed by atoms with Crippen LogP contribution < -0.4 is 15.2 Å². The summed E-state index contributed by atoms with van der Waals surface area (Å²) in [4.78, 5) is 10.7. The SMILES string of the molecule is NC(Cc1ccc(Br)c2c1OCO2)C(=O)O. The van der Waals surface area contributed by atoms with Crippen molar-refractivity contribution in [2.45, 2.75) is 12.5 Å². The minimum absolute atomic E-state index is 0.146. The molecule has 6 heteroatoms. The van der Waals surface area contributed by atoms with E-state index >= 15 is 0 Å². The topological polar surface area (TPSA) is 81.8 Å². The zero-order valence-electron chi connectivity index (χ0n) is 8.27. The zero-order chi connectivity index (χ0) is 11.7. The number of carboxylic acid groups (broad SMARTS) is 1. The van der Waals surface area contributed by atoms with Crippen molar-refractivity contribution in [3.05, 3.63) is 22.2 Å². The third-order valence-corrected chi connectivity index (χ3v) is 2.93. The lowest BCUT2D eigenvalue weighted by Gasteiger charge is -2.09. The van der Waals surface area contributed by atoms with Crippen LogP contribution >= 0.6 is 15.9 Å². The van der Waals surface area contributed by atoms with E-state index in [1.807, 2.05) is 0 Å². The van der Waals surface area contributed by atoms with Crippen molar-refractivity contribution < 1.29 is 19.4 Å². The number of aliphatic carboxylic acids is 1. The predicted octanol–water partition coefficient (Wildman–Crippen LogP) is 1.13. The number of fused-ring (bicyclic) bond motifs is 1. The van der Waals surface area contributed by atoms with Crippen LogP contribution in [0.25, 0.3) is 0 Å². The highest BCUT2D eigenvalue weighted by Crippen LogP contribution is 2.41. The Kier molecular flexibility index (Phi) is 3.02. The third kappa shape index (κ3) is 1.98. The smallest absolute Gasteiger partial charge is 0.320 e. The predicted molar refractivity (Wildman–Crippen MR) is 59.6 cm³/mol. The van der Waals surface area contributed by atoms with Gasteiger partial charge in [-0.15, -0.1) is 0 Å². The standard InChI is InChI=1S/C10H10BrNO4/c11-6-2-1-5(3-7(12)10(13)14)8-9(6)16-4-15-8/h1-2,7H,3-4,12H2,(H,13,14). The normalized spacial score (nSPS) is 14.9. The molecule has 1 aliphatic rings. The van der Waals surface area contributed by atoms with E-state index < -0.39 is 12.0 Å². The average molecular weight is 288 g/mol. The summed E-state index contributed by atoms with van der Waals surface area (Å²) in [7, 11) is 0. The van der Waals surface area contributed by atoms with Gasteiger partial charge in [-0.2, -0.15) is 0 Å². The molecule has 0 aliphatic carbocycles. The second kappa shape index (κ2) is 4.31. The van der Waals surface area contributed by atoms with Crippen LogP contribution in [-0.4, -0.2) is 23.9 Å². The second-order valence-electron chi connectivity index (χ2n) is 3.42. The van der Waals surface area contributed by atoms with Crippen LogP contribution in [0.5, 0.6) is 11.5 Å². The van der Waals surface area contributed by atoms with Crippen molar-refractivity contribution in [3.63, 3.8) is 0 Å². The quantitative estimate of drug-likeness (QED) is 0.871. The number of carbonyl (C=O) groups is 1. The Bertz CT molecular complexity index is 435. The molecule has 1 aromatic rings. The lowest BCUT2D eigenvalue weighted by molar-refractivity contribution is -0.138. The third-order valence-electron chi connectivity index (χ3n) is 2.31. The highest BCUT2D eigenvalue weighted by Gasteiger charge is 2.23. The summed E-state index contributed by atoms with van der Waals surface area (Å²) in [6.45, 7) is 0.146. The summed E-state index contributed by atoms with van der Waals surface area (Å²) in [5.74, 6) is 0.150. The van der Waals surface area contributed by atoms with Gasteiger partial charge >= 0.3 is 5.97 Å². The van der Waals surface area contributed by atoms with Gasteiger partial charge in [0, 0.05) is 12.0 Å². The Hall–Kier alpha value is -1.27. The van der Waals surface area contributed by atoms with Crippen molar-refractivity contribution in [1.82, 2.24) is 0 Å². The summed E-state index contributed by atoms with van der Waals surface area (Å²) < 4.78 is 11.3. The molecule has 0 saturated carbocycles. The largest absolute Gasteiger partial charge is 0.480 e. The minimum atomic E-state index is -1.03. The molecular formula is C10H10BrNO4. The van der Waals surface area contributed by atoms with Crippen LogP contribution in [0, 0.1) is 0 Å². The second-order valence-corrected chi connectivity index (χ2v) is 4.27. The summed E-state index contributed by atoms with van der Waals surface area (Å²) in [5.41, 5.74) is 6.21. The van der Waals surface area contributed by atoms with Crippen LogP contribution in [0.15, 0.2) is 16.6 Å². The molecule has 5 nitrogen and oxygen atoms in total. The first-order valence-corrected chi connectivity index (χ1v) is 5.44. The maximum atomic E-state index is 10.7. The number of hydrogen-bond donors (Lipinski definition) is 2. The number of benzene rings is 1. The Morgan fingerprint density at radius 3 is 2.88 bits per heavy atom. The Labute approximate surface area is 100 Å². The van der Waals surface area contributed by atoms with E-state index in [4.69, 9.17) is 20.3 Å². The van der Waals surface area contributed by atoms with Gasteiger partial charge in [-0.3, -0.25) is 4.79 Å². The molecule has 3 N–H and O–H groups in total. The maximum absolute atomic E-state index is 10.7. The molecule has 0 radical (unpaired) electrons. The van der Waals surface area contributed by atoms with Gasteiger partial charge in [0.25, 0.3) is 0 Å².